The molecule has 28 heavy (non-hydrogen) atoms. The van der Waals surface area contributed by atoms with Crippen molar-refractivity contribution in [3.05, 3.63) is 28.6 Å². The van der Waals surface area contributed by atoms with Crippen LogP contribution in [0.4, 0.5) is 0 Å². The lowest BCUT2D eigenvalue weighted by Gasteiger charge is -2.14. The second kappa shape index (κ2) is 10.1. The van der Waals surface area contributed by atoms with Gasteiger partial charge in [0.2, 0.25) is 0 Å². The highest BCUT2D eigenvalue weighted by Crippen LogP contribution is 2.22. The Balaban J connectivity index is 2.02. The summed E-state index contributed by atoms with van der Waals surface area (Å²) < 4.78 is 12.9. The van der Waals surface area contributed by atoms with Crippen molar-refractivity contribution >= 4 is 18.0 Å². The van der Waals surface area contributed by atoms with Gasteiger partial charge in [0.25, 0.3) is 5.91 Å². The van der Waals surface area contributed by atoms with Crippen LogP contribution in [-0.4, -0.2) is 41.8 Å². The zero-order chi connectivity index (χ0) is 20.7. The molecule has 0 saturated carbocycles. The maximum absolute atomic E-state index is 12.3. The number of nitrogens with one attached hydrogen (secondary N) is 1. The Morgan fingerprint density at radius 2 is 2.21 bits per heavy atom. The Morgan fingerprint density at radius 1 is 1.46 bits per heavy atom. The van der Waals surface area contributed by atoms with Gasteiger partial charge in [-0.1, -0.05) is 0 Å². The van der Waals surface area contributed by atoms with Gasteiger partial charge < -0.3 is 19.4 Å². The molecule has 2 heterocycles. The molecule has 7 nitrogen and oxygen atoms in total. The number of amides is 1. The zero-order valence-electron chi connectivity index (χ0n) is 17.1. The second-order valence-electron chi connectivity index (χ2n) is 7.29. The van der Waals surface area contributed by atoms with Crippen molar-refractivity contribution in [2.75, 3.05) is 13.2 Å². The van der Waals surface area contributed by atoms with E-state index in [0.717, 1.165) is 42.9 Å². The lowest BCUT2D eigenvalue weighted by atomic mass is 10.1. The molecule has 1 aromatic rings. The SMILES string of the molecule is Cc1cc(/C=C(\C#N)C(=O)NCCC(=O)OC(C)C)c(C)n1CC1CCCO1. The quantitative estimate of drug-likeness (QED) is 0.420. The van der Waals surface area contributed by atoms with E-state index in [0.29, 0.717) is 0 Å². The molecular weight excluding hydrogens is 358 g/mol. The third-order valence-corrected chi connectivity index (χ3v) is 4.67. The highest BCUT2D eigenvalue weighted by Gasteiger charge is 2.19. The summed E-state index contributed by atoms with van der Waals surface area (Å²) in [6.45, 7) is 9.22. The summed E-state index contributed by atoms with van der Waals surface area (Å²) in [5, 5.41) is 12.0. The second-order valence-corrected chi connectivity index (χ2v) is 7.29. The fourth-order valence-electron chi connectivity index (χ4n) is 3.25. The zero-order valence-corrected chi connectivity index (χ0v) is 17.1. The topological polar surface area (TPSA) is 93.4 Å². The van der Waals surface area contributed by atoms with Gasteiger partial charge in [0.1, 0.15) is 11.6 Å². The van der Waals surface area contributed by atoms with Gasteiger partial charge in [0, 0.05) is 31.1 Å². The van der Waals surface area contributed by atoms with E-state index in [9.17, 15) is 14.9 Å². The van der Waals surface area contributed by atoms with E-state index in [4.69, 9.17) is 9.47 Å². The minimum atomic E-state index is -0.497. The van der Waals surface area contributed by atoms with Gasteiger partial charge in [-0.15, -0.1) is 0 Å². The summed E-state index contributed by atoms with van der Waals surface area (Å²) >= 11 is 0. The third-order valence-electron chi connectivity index (χ3n) is 4.67. The highest BCUT2D eigenvalue weighted by atomic mass is 16.5. The molecule has 0 spiro atoms. The lowest BCUT2D eigenvalue weighted by molar-refractivity contribution is -0.147. The smallest absolute Gasteiger partial charge is 0.307 e. The number of hydrogen-bond donors (Lipinski definition) is 1. The molecule has 1 N–H and O–H groups in total. The van der Waals surface area contributed by atoms with E-state index in [1.165, 1.54) is 0 Å². The minimum absolute atomic E-state index is 0.00888. The standard InChI is InChI=1S/C21H29N3O4/c1-14(2)28-20(25)7-8-23-21(26)18(12-22)11-17-10-15(3)24(16(17)4)13-19-6-5-9-27-19/h10-11,14,19H,5-9,13H2,1-4H3,(H,23,26)/b18-11+. The number of nitrogens with zero attached hydrogens (tertiary/aromatic N) is 2. The predicted octanol–water partition coefficient (Wildman–Crippen LogP) is 2.65. The Bertz CT molecular complexity index is 780. The van der Waals surface area contributed by atoms with Gasteiger partial charge in [0.15, 0.2) is 0 Å². The molecule has 1 aliphatic rings. The summed E-state index contributed by atoms with van der Waals surface area (Å²) in [7, 11) is 0. The maximum Gasteiger partial charge on any atom is 0.307 e. The van der Waals surface area contributed by atoms with Gasteiger partial charge in [-0.25, -0.2) is 0 Å². The van der Waals surface area contributed by atoms with Gasteiger partial charge in [0.05, 0.1) is 18.6 Å². The number of nitriles is 1. The Kier molecular flexibility index (Phi) is 7.82. The molecule has 0 aliphatic carbocycles. The fourth-order valence-corrected chi connectivity index (χ4v) is 3.25. The van der Waals surface area contributed by atoms with Gasteiger partial charge >= 0.3 is 5.97 Å². The van der Waals surface area contributed by atoms with Crippen LogP contribution in [0.1, 0.15) is 50.1 Å². The molecule has 1 unspecified atom stereocenters. The first kappa shape index (κ1) is 21.7. The van der Waals surface area contributed by atoms with E-state index in [2.05, 4.69) is 9.88 Å². The monoisotopic (exact) mass is 387 g/mol. The van der Waals surface area contributed by atoms with Crippen molar-refractivity contribution in [3.8, 4) is 6.07 Å². The van der Waals surface area contributed by atoms with Crippen molar-refractivity contribution in [2.45, 2.75) is 65.7 Å². The van der Waals surface area contributed by atoms with Crippen LogP contribution in [0, 0.1) is 25.2 Å². The van der Waals surface area contributed by atoms with Gasteiger partial charge in [-0.2, -0.15) is 5.26 Å². The molecule has 152 valence electrons. The predicted molar refractivity (Wildman–Crippen MR) is 105 cm³/mol. The summed E-state index contributed by atoms with van der Waals surface area (Å²) in [6, 6.07) is 3.92. The number of esters is 1. The molecule has 0 aromatic carbocycles. The number of carbonyl (C=O) groups is 2. The van der Waals surface area contributed by atoms with Crippen molar-refractivity contribution in [3.63, 3.8) is 0 Å². The first-order valence-corrected chi connectivity index (χ1v) is 9.69. The van der Waals surface area contributed by atoms with Crippen LogP contribution >= 0.6 is 0 Å². The van der Waals surface area contributed by atoms with E-state index in [-0.39, 0.29) is 36.7 Å². The number of carbonyl (C=O) groups excluding carboxylic acids is 2. The van der Waals surface area contributed by atoms with Crippen molar-refractivity contribution in [2.24, 2.45) is 0 Å². The third kappa shape index (κ3) is 5.96. The fraction of sp³-hybridized carbons (Fsp3) is 0.571. The molecular formula is C21H29N3O4. The number of aryl methyl sites for hydroxylation is 1. The summed E-state index contributed by atoms with van der Waals surface area (Å²) in [5.74, 6) is -0.876. The summed E-state index contributed by atoms with van der Waals surface area (Å²) in [6.07, 6.45) is 3.82. The molecule has 1 fully saturated rings. The van der Waals surface area contributed by atoms with Crippen LogP contribution in [0.3, 0.4) is 0 Å². The normalized spacial score (nSPS) is 16.9. The molecule has 1 amide bonds. The average Bonchev–Trinajstić information content (AvgIpc) is 3.23. The molecule has 1 atom stereocenters. The number of hydrogen-bond acceptors (Lipinski definition) is 5. The molecule has 1 saturated heterocycles. The molecule has 1 aromatic heterocycles. The first-order valence-electron chi connectivity index (χ1n) is 9.69. The lowest BCUT2D eigenvalue weighted by Crippen LogP contribution is -2.28. The van der Waals surface area contributed by atoms with Crippen LogP contribution in [0.25, 0.3) is 6.08 Å². The van der Waals surface area contributed by atoms with Crippen molar-refractivity contribution < 1.29 is 19.1 Å². The number of ether oxygens (including phenoxy) is 2. The Labute approximate surface area is 166 Å². The first-order chi connectivity index (χ1) is 13.3. The molecule has 2 rings (SSSR count). The molecule has 1 aliphatic heterocycles. The van der Waals surface area contributed by atoms with Crippen molar-refractivity contribution in [1.29, 1.82) is 5.26 Å². The number of rotatable bonds is 8. The largest absolute Gasteiger partial charge is 0.463 e. The van der Waals surface area contributed by atoms with E-state index in [1.54, 1.807) is 19.9 Å². The molecule has 7 heteroatoms. The summed E-state index contributed by atoms with van der Waals surface area (Å²) in [4.78, 5) is 23.8. The van der Waals surface area contributed by atoms with Crippen LogP contribution in [0.15, 0.2) is 11.6 Å². The van der Waals surface area contributed by atoms with Crippen molar-refractivity contribution in [1.82, 2.24) is 9.88 Å². The van der Waals surface area contributed by atoms with Crippen LogP contribution in [0.5, 0.6) is 0 Å². The van der Waals surface area contributed by atoms with E-state index < -0.39 is 5.91 Å². The molecule has 0 radical (unpaired) electrons. The maximum atomic E-state index is 12.3. The van der Waals surface area contributed by atoms with E-state index >= 15 is 0 Å². The van der Waals surface area contributed by atoms with Crippen LogP contribution in [-0.2, 0) is 25.6 Å². The Hall–Kier alpha value is -2.59. The van der Waals surface area contributed by atoms with Gasteiger partial charge in [-0.05, 0) is 58.2 Å². The van der Waals surface area contributed by atoms with Gasteiger partial charge in [-0.3, -0.25) is 9.59 Å². The summed E-state index contributed by atoms with van der Waals surface area (Å²) in [5.41, 5.74) is 2.90. The minimum Gasteiger partial charge on any atom is -0.463 e. The van der Waals surface area contributed by atoms with Crippen LogP contribution in [0.2, 0.25) is 0 Å². The molecule has 0 bridgehead atoms. The number of aromatic nitrogens is 1. The Morgan fingerprint density at radius 3 is 2.82 bits per heavy atom. The highest BCUT2D eigenvalue weighted by molar-refractivity contribution is 6.01. The van der Waals surface area contributed by atoms with E-state index in [1.807, 2.05) is 26.0 Å². The average molecular weight is 387 g/mol. The van der Waals surface area contributed by atoms with Crippen LogP contribution < -0.4 is 5.32 Å².